The van der Waals surface area contributed by atoms with Gasteiger partial charge in [0, 0.05) is 31.7 Å². The fourth-order valence-electron chi connectivity index (χ4n) is 3.31. The first-order valence-electron chi connectivity index (χ1n) is 8.30. The Bertz CT molecular complexity index is 824. The number of aryl methyl sites for hydroxylation is 3. The third-order valence-electron chi connectivity index (χ3n) is 4.62. The largest absolute Gasteiger partial charge is 0.480 e. The first-order chi connectivity index (χ1) is 11.9. The molecule has 2 aromatic heterocycles. The Kier molecular flexibility index (Phi) is 4.71. The van der Waals surface area contributed by atoms with Gasteiger partial charge >= 0.3 is 5.97 Å². The van der Waals surface area contributed by atoms with Gasteiger partial charge in [0.05, 0.1) is 17.0 Å². The second-order valence-corrected chi connectivity index (χ2v) is 6.37. The van der Waals surface area contributed by atoms with Gasteiger partial charge in [-0.2, -0.15) is 5.10 Å². The fourth-order valence-corrected chi connectivity index (χ4v) is 3.31. The molecule has 134 valence electrons. The fraction of sp³-hybridized carbons (Fsp3) is 0.529. The first-order valence-corrected chi connectivity index (χ1v) is 8.30. The van der Waals surface area contributed by atoms with Crippen LogP contribution in [0.15, 0.2) is 6.07 Å². The zero-order chi connectivity index (χ0) is 18.1. The lowest BCUT2D eigenvalue weighted by Gasteiger charge is -2.33. The number of carboxylic acid groups (broad SMARTS) is 1. The van der Waals surface area contributed by atoms with Crippen molar-refractivity contribution in [3.63, 3.8) is 0 Å². The maximum absolute atomic E-state index is 13.1. The highest BCUT2D eigenvalue weighted by molar-refractivity contribution is 6.00. The highest BCUT2D eigenvalue weighted by Gasteiger charge is 2.30. The van der Waals surface area contributed by atoms with Crippen molar-refractivity contribution in [1.29, 1.82) is 0 Å². The summed E-state index contributed by atoms with van der Waals surface area (Å²) in [4.78, 5) is 30.3. The van der Waals surface area contributed by atoms with E-state index in [0.29, 0.717) is 43.0 Å². The number of rotatable bonds is 4. The van der Waals surface area contributed by atoms with Gasteiger partial charge in [0.1, 0.15) is 6.54 Å². The highest BCUT2D eigenvalue weighted by atomic mass is 16.5. The van der Waals surface area contributed by atoms with E-state index in [9.17, 15) is 14.7 Å². The number of carbonyl (C=O) groups is 2. The zero-order valence-electron chi connectivity index (χ0n) is 14.7. The van der Waals surface area contributed by atoms with Crippen molar-refractivity contribution in [2.75, 3.05) is 19.8 Å². The Balaban J connectivity index is 2.00. The average Bonchev–Trinajstić information content (AvgIpc) is 2.85. The Morgan fingerprint density at radius 1 is 1.32 bits per heavy atom. The SMILES string of the molecule is Cc1nc2c(cc1C(=O)N(CC(=O)O)C1CCOCC1)c(C)nn2C. The number of nitrogens with zero attached hydrogens (tertiary/aromatic N) is 4. The number of pyridine rings is 1. The second-order valence-electron chi connectivity index (χ2n) is 6.37. The van der Waals surface area contributed by atoms with Crippen LogP contribution in [-0.2, 0) is 16.6 Å². The van der Waals surface area contributed by atoms with Crippen molar-refractivity contribution < 1.29 is 19.4 Å². The predicted octanol–water partition coefficient (Wildman–Crippen LogP) is 1.29. The summed E-state index contributed by atoms with van der Waals surface area (Å²) in [6.45, 7) is 4.37. The van der Waals surface area contributed by atoms with Crippen molar-refractivity contribution in [3.05, 3.63) is 23.0 Å². The minimum absolute atomic E-state index is 0.137. The number of aromatic nitrogens is 3. The van der Waals surface area contributed by atoms with Crippen LogP contribution in [0.2, 0.25) is 0 Å². The van der Waals surface area contributed by atoms with Gasteiger partial charge in [0.2, 0.25) is 0 Å². The monoisotopic (exact) mass is 346 g/mol. The van der Waals surface area contributed by atoms with Crippen LogP contribution in [0.4, 0.5) is 0 Å². The summed E-state index contributed by atoms with van der Waals surface area (Å²) in [5, 5.41) is 14.4. The lowest BCUT2D eigenvalue weighted by Crippen LogP contribution is -2.46. The molecule has 0 spiro atoms. The molecule has 8 heteroatoms. The number of fused-ring (bicyclic) bond motifs is 1. The van der Waals surface area contributed by atoms with Crippen LogP contribution in [-0.4, -0.2) is 62.4 Å². The highest BCUT2D eigenvalue weighted by Crippen LogP contribution is 2.23. The predicted molar refractivity (Wildman–Crippen MR) is 90.5 cm³/mol. The van der Waals surface area contributed by atoms with Crippen LogP contribution in [0.5, 0.6) is 0 Å². The van der Waals surface area contributed by atoms with E-state index in [1.165, 1.54) is 4.90 Å². The first kappa shape index (κ1) is 17.3. The van der Waals surface area contributed by atoms with Gasteiger partial charge in [-0.05, 0) is 32.8 Å². The summed E-state index contributed by atoms with van der Waals surface area (Å²) in [7, 11) is 1.81. The average molecular weight is 346 g/mol. The smallest absolute Gasteiger partial charge is 0.323 e. The number of carbonyl (C=O) groups excluding carboxylic acids is 1. The van der Waals surface area contributed by atoms with Crippen LogP contribution in [0.3, 0.4) is 0 Å². The lowest BCUT2D eigenvalue weighted by atomic mass is 10.0. The van der Waals surface area contributed by atoms with Crippen molar-refractivity contribution in [3.8, 4) is 0 Å². The van der Waals surface area contributed by atoms with Gasteiger partial charge in [0.25, 0.3) is 5.91 Å². The molecule has 1 amide bonds. The molecule has 0 aliphatic carbocycles. The Hall–Kier alpha value is -2.48. The summed E-state index contributed by atoms with van der Waals surface area (Å²) >= 11 is 0. The van der Waals surface area contributed by atoms with Crippen LogP contribution < -0.4 is 0 Å². The molecule has 1 fully saturated rings. The van der Waals surface area contributed by atoms with E-state index in [2.05, 4.69) is 10.1 Å². The van der Waals surface area contributed by atoms with Crippen molar-refractivity contribution in [2.24, 2.45) is 7.05 Å². The maximum atomic E-state index is 13.1. The number of ether oxygens (including phenoxy) is 1. The number of amides is 1. The van der Waals surface area contributed by atoms with Crippen molar-refractivity contribution in [1.82, 2.24) is 19.7 Å². The molecule has 1 N–H and O–H groups in total. The molecule has 2 aromatic rings. The van der Waals surface area contributed by atoms with Crippen molar-refractivity contribution in [2.45, 2.75) is 32.7 Å². The lowest BCUT2D eigenvalue weighted by molar-refractivity contribution is -0.138. The molecule has 0 radical (unpaired) electrons. The molecular formula is C17H22N4O4. The van der Waals surface area contributed by atoms with Gasteiger partial charge in [0.15, 0.2) is 5.65 Å². The molecule has 1 saturated heterocycles. The van der Waals surface area contributed by atoms with Crippen LogP contribution in [0.1, 0.15) is 34.6 Å². The van der Waals surface area contributed by atoms with Gasteiger partial charge in [-0.25, -0.2) is 4.98 Å². The molecule has 3 rings (SSSR count). The summed E-state index contributed by atoms with van der Waals surface area (Å²) in [5.41, 5.74) is 2.50. The van der Waals surface area contributed by atoms with E-state index in [0.717, 1.165) is 11.1 Å². The molecule has 1 aliphatic rings. The van der Waals surface area contributed by atoms with E-state index < -0.39 is 5.97 Å². The summed E-state index contributed by atoms with van der Waals surface area (Å²) < 4.78 is 7.01. The molecule has 0 saturated carbocycles. The molecule has 0 bridgehead atoms. The Morgan fingerprint density at radius 3 is 2.64 bits per heavy atom. The third-order valence-corrected chi connectivity index (χ3v) is 4.62. The minimum Gasteiger partial charge on any atom is -0.480 e. The van der Waals surface area contributed by atoms with Gasteiger partial charge in [-0.15, -0.1) is 0 Å². The molecule has 0 atom stereocenters. The quantitative estimate of drug-likeness (QED) is 0.896. The molecule has 25 heavy (non-hydrogen) atoms. The topological polar surface area (TPSA) is 97.6 Å². The zero-order valence-corrected chi connectivity index (χ0v) is 14.7. The molecule has 0 unspecified atom stereocenters. The maximum Gasteiger partial charge on any atom is 0.323 e. The van der Waals surface area contributed by atoms with E-state index in [1.807, 2.05) is 14.0 Å². The van der Waals surface area contributed by atoms with E-state index in [1.54, 1.807) is 17.7 Å². The van der Waals surface area contributed by atoms with Gasteiger partial charge < -0.3 is 14.7 Å². The number of hydrogen-bond donors (Lipinski definition) is 1. The van der Waals surface area contributed by atoms with Crippen LogP contribution >= 0.6 is 0 Å². The van der Waals surface area contributed by atoms with Crippen molar-refractivity contribution >= 4 is 22.9 Å². The summed E-state index contributed by atoms with van der Waals surface area (Å²) in [5.74, 6) is -1.33. The number of aliphatic carboxylic acids is 1. The van der Waals surface area contributed by atoms with Crippen LogP contribution in [0.25, 0.3) is 11.0 Å². The van der Waals surface area contributed by atoms with Gasteiger partial charge in [-0.3, -0.25) is 14.3 Å². The summed E-state index contributed by atoms with van der Waals surface area (Å²) in [6, 6.07) is 1.64. The number of carboxylic acids is 1. The third kappa shape index (κ3) is 3.34. The van der Waals surface area contributed by atoms with Crippen LogP contribution in [0, 0.1) is 13.8 Å². The molecule has 8 nitrogen and oxygen atoms in total. The Labute approximate surface area is 145 Å². The van der Waals surface area contributed by atoms with E-state index in [-0.39, 0.29) is 18.5 Å². The molecule has 0 aromatic carbocycles. The molecular weight excluding hydrogens is 324 g/mol. The van der Waals surface area contributed by atoms with E-state index >= 15 is 0 Å². The standard InChI is InChI=1S/C17H22N4O4/c1-10-14(8-13-11(2)19-20(3)16(13)18-10)17(24)21(9-15(22)23)12-4-6-25-7-5-12/h8,12H,4-7,9H2,1-3H3,(H,22,23). The van der Waals surface area contributed by atoms with Gasteiger partial charge in [-0.1, -0.05) is 0 Å². The minimum atomic E-state index is -1.02. The normalized spacial score (nSPS) is 15.5. The molecule has 1 aliphatic heterocycles. The second kappa shape index (κ2) is 6.79. The molecule has 3 heterocycles. The number of hydrogen-bond acceptors (Lipinski definition) is 5. The van der Waals surface area contributed by atoms with E-state index in [4.69, 9.17) is 4.74 Å². The Morgan fingerprint density at radius 2 is 2.00 bits per heavy atom. The summed E-state index contributed by atoms with van der Waals surface area (Å²) in [6.07, 6.45) is 1.28.